The van der Waals surface area contributed by atoms with Crippen LogP contribution in [0.15, 0.2) is 30.3 Å². The quantitative estimate of drug-likeness (QED) is 0.519. The maximum atomic E-state index is 12.5. The van der Waals surface area contributed by atoms with E-state index in [0.29, 0.717) is 10.2 Å². The highest BCUT2D eigenvalue weighted by Crippen LogP contribution is 2.36. The highest BCUT2D eigenvalue weighted by atomic mass is 32.1. The molecule has 10 nitrogen and oxygen atoms in total. The molecule has 1 N–H and O–H groups in total. The number of hydrogen-bond donors (Lipinski definition) is 1. The van der Waals surface area contributed by atoms with Gasteiger partial charge >= 0.3 is 0 Å². The fourth-order valence-electron chi connectivity index (χ4n) is 2.53. The number of nitro benzene ring substituents is 2. The lowest BCUT2D eigenvalue weighted by Gasteiger charge is -2.05. The van der Waals surface area contributed by atoms with Crippen LogP contribution in [0.4, 0.5) is 16.5 Å². The number of rotatable bonds is 5. The summed E-state index contributed by atoms with van der Waals surface area (Å²) in [5.41, 5.74) is 0.426. The van der Waals surface area contributed by atoms with E-state index in [0.717, 1.165) is 11.3 Å². The lowest BCUT2D eigenvalue weighted by atomic mass is 10.1. The lowest BCUT2D eigenvalue weighted by Crippen LogP contribution is -2.13. The molecule has 0 bridgehead atoms. The zero-order chi connectivity index (χ0) is 19.7. The fourth-order valence-corrected chi connectivity index (χ4v) is 3.44. The molecule has 2 aromatic carbocycles. The van der Waals surface area contributed by atoms with E-state index >= 15 is 0 Å². The van der Waals surface area contributed by atoms with Crippen molar-refractivity contribution in [1.29, 1.82) is 0 Å². The Balaban J connectivity index is 1.98. The van der Waals surface area contributed by atoms with Gasteiger partial charge in [0.1, 0.15) is 5.52 Å². The summed E-state index contributed by atoms with van der Waals surface area (Å²) in [5.74, 6) is -0.355. The first-order chi connectivity index (χ1) is 12.8. The number of carbonyl (C=O) groups excluding carboxylic acids is 1. The predicted octanol–water partition coefficient (Wildman–Crippen LogP) is 3.68. The predicted molar refractivity (Wildman–Crippen MR) is 98.6 cm³/mol. The van der Waals surface area contributed by atoms with Gasteiger partial charge in [-0.1, -0.05) is 17.4 Å². The third kappa shape index (κ3) is 3.40. The number of methoxy groups -OCH3 is 1. The van der Waals surface area contributed by atoms with Gasteiger partial charge < -0.3 is 4.74 Å². The normalized spacial score (nSPS) is 10.6. The molecule has 27 heavy (non-hydrogen) atoms. The van der Waals surface area contributed by atoms with Gasteiger partial charge in [-0.25, -0.2) is 4.98 Å². The number of non-ortho nitro benzene ring substituents is 1. The molecule has 0 aliphatic heterocycles. The molecular formula is C16H12N4O6S. The molecule has 1 amide bonds. The summed E-state index contributed by atoms with van der Waals surface area (Å²) in [7, 11) is 1.36. The van der Waals surface area contributed by atoms with Crippen molar-refractivity contribution in [3.05, 3.63) is 61.7 Å². The van der Waals surface area contributed by atoms with Gasteiger partial charge in [-0.3, -0.25) is 30.3 Å². The van der Waals surface area contributed by atoms with Crippen molar-refractivity contribution in [2.75, 3.05) is 12.4 Å². The van der Waals surface area contributed by atoms with Crippen LogP contribution in [0.1, 0.15) is 15.9 Å². The summed E-state index contributed by atoms with van der Waals surface area (Å²) in [6.07, 6.45) is 0. The number of amides is 1. The van der Waals surface area contributed by atoms with Gasteiger partial charge in [0.05, 0.1) is 27.7 Å². The highest BCUT2D eigenvalue weighted by molar-refractivity contribution is 7.22. The summed E-state index contributed by atoms with van der Waals surface area (Å²) in [5, 5.41) is 24.8. The highest BCUT2D eigenvalue weighted by Gasteiger charge is 2.20. The molecule has 0 saturated carbocycles. The second kappa shape index (κ2) is 6.96. The Morgan fingerprint density at radius 2 is 1.96 bits per heavy atom. The van der Waals surface area contributed by atoms with Crippen molar-refractivity contribution in [2.24, 2.45) is 0 Å². The maximum Gasteiger partial charge on any atom is 0.274 e. The van der Waals surface area contributed by atoms with Crippen molar-refractivity contribution in [3.63, 3.8) is 0 Å². The van der Waals surface area contributed by atoms with Crippen LogP contribution in [0.3, 0.4) is 0 Å². The fraction of sp³-hybridized carbons (Fsp3) is 0.125. The van der Waals surface area contributed by atoms with Crippen molar-refractivity contribution >= 4 is 44.0 Å². The molecule has 0 saturated heterocycles. The third-order valence-corrected chi connectivity index (χ3v) is 4.76. The number of benzene rings is 2. The Hall–Kier alpha value is -3.60. The van der Waals surface area contributed by atoms with E-state index in [9.17, 15) is 25.0 Å². The van der Waals surface area contributed by atoms with Crippen LogP contribution in [0, 0.1) is 27.2 Å². The van der Waals surface area contributed by atoms with Crippen LogP contribution in [0.25, 0.3) is 10.2 Å². The van der Waals surface area contributed by atoms with E-state index in [1.165, 1.54) is 44.4 Å². The van der Waals surface area contributed by atoms with Gasteiger partial charge in [0.2, 0.25) is 0 Å². The van der Waals surface area contributed by atoms with Crippen LogP contribution >= 0.6 is 11.3 Å². The summed E-state index contributed by atoms with van der Waals surface area (Å²) in [4.78, 5) is 37.7. The number of aromatic nitrogens is 1. The Morgan fingerprint density at radius 1 is 1.22 bits per heavy atom. The molecule has 0 fully saturated rings. The van der Waals surface area contributed by atoms with Gasteiger partial charge in [-0.15, -0.1) is 0 Å². The van der Waals surface area contributed by atoms with Gasteiger partial charge in [-0.05, 0) is 13.0 Å². The second-order valence-electron chi connectivity index (χ2n) is 5.43. The molecule has 3 aromatic rings. The lowest BCUT2D eigenvalue weighted by molar-refractivity contribution is -0.385. The average molecular weight is 388 g/mol. The minimum atomic E-state index is -0.566. The first kappa shape index (κ1) is 18.2. The van der Waals surface area contributed by atoms with E-state index in [2.05, 4.69) is 10.3 Å². The number of nitro groups is 2. The molecule has 0 spiro atoms. The summed E-state index contributed by atoms with van der Waals surface area (Å²) in [6, 6.07) is 6.79. The van der Waals surface area contributed by atoms with Crippen LogP contribution in [-0.4, -0.2) is 27.8 Å². The standard InChI is InChI=1S/C16H12N4O6S/c1-8-10(4-3-5-11(8)20(24)25)15(21)18-16-17-14-12(26-2)6-9(19(22)23)7-13(14)27-16/h3-7H,1-2H3,(H,17,18,21). The molecule has 0 atom stereocenters. The van der Waals surface area contributed by atoms with Crippen LogP contribution in [0.2, 0.25) is 0 Å². The molecule has 1 aromatic heterocycles. The minimum Gasteiger partial charge on any atom is -0.494 e. The first-order valence-electron chi connectivity index (χ1n) is 7.50. The summed E-state index contributed by atoms with van der Waals surface area (Å²) >= 11 is 1.04. The zero-order valence-corrected chi connectivity index (χ0v) is 14.9. The molecule has 138 valence electrons. The first-order valence-corrected chi connectivity index (χ1v) is 8.31. The number of nitrogens with zero attached hydrogens (tertiary/aromatic N) is 3. The number of carbonyl (C=O) groups is 1. The van der Waals surface area contributed by atoms with E-state index in [1.54, 1.807) is 0 Å². The monoisotopic (exact) mass is 388 g/mol. The van der Waals surface area contributed by atoms with Crippen LogP contribution in [0.5, 0.6) is 5.75 Å². The minimum absolute atomic E-state index is 0.140. The Labute approximate surface area is 155 Å². The van der Waals surface area contributed by atoms with E-state index in [4.69, 9.17) is 4.74 Å². The van der Waals surface area contributed by atoms with Gasteiger partial charge in [0.25, 0.3) is 17.3 Å². The van der Waals surface area contributed by atoms with E-state index in [-0.39, 0.29) is 33.4 Å². The van der Waals surface area contributed by atoms with Crippen molar-refractivity contribution in [1.82, 2.24) is 4.98 Å². The largest absolute Gasteiger partial charge is 0.494 e. The van der Waals surface area contributed by atoms with Gasteiger partial charge in [-0.2, -0.15) is 0 Å². The molecule has 0 unspecified atom stereocenters. The van der Waals surface area contributed by atoms with Crippen LogP contribution in [-0.2, 0) is 0 Å². The topological polar surface area (TPSA) is 138 Å². The number of nitrogens with one attached hydrogen (secondary N) is 1. The van der Waals surface area contributed by atoms with Crippen molar-refractivity contribution in [3.8, 4) is 5.75 Å². The molecule has 3 rings (SSSR count). The molecule has 0 aliphatic rings. The van der Waals surface area contributed by atoms with Gasteiger partial charge in [0.15, 0.2) is 10.9 Å². The van der Waals surface area contributed by atoms with E-state index < -0.39 is 15.8 Å². The zero-order valence-electron chi connectivity index (χ0n) is 14.1. The summed E-state index contributed by atoms with van der Waals surface area (Å²) < 4.78 is 5.60. The maximum absolute atomic E-state index is 12.5. The Morgan fingerprint density at radius 3 is 2.59 bits per heavy atom. The Kier molecular flexibility index (Phi) is 4.69. The molecular weight excluding hydrogens is 376 g/mol. The smallest absolute Gasteiger partial charge is 0.274 e. The SMILES string of the molecule is COc1cc([N+](=O)[O-])cc2sc(NC(=O)c3cccc([N+](=O)[O-])c3C)nc12. The molecule has 1 heterocycles. The number of fused-ring (bicyclic) bond motifs is 1. The number of hydrogen-bond acceptors (Lipinski definition) is 8. The molecule has 11 heteroatoms. The summed E-state index contributed by atoms with van der Waals surface area (Å²) in [6.45, 7) is 1.48. The number of ether oxygens (including phenoxy) is 1. The van der Waals surface area contributed by atoms with Crippen LogP contribution < -0.4 is 10.1 Å². The number of thiazole rings is 1. The Bertz CT molecular complexity index is 1090. The molecule has 0 radical (unpaired) electrons. The number of anilines is 1. The second-order valence-corrected chi connectivity index (χ2v) is 6.46. The van der Waals surface area contributed by atoms with Gasteiger partial charge in [0, 0.05) is 23.3 Å². The average Bonchev–Trinajstić information content (AvgIpc) is 3.02. The van der Waals surface area contributed by atoms with Crippen molar-refractivity contribution in [2.45, 2.75) is 6.92 Å². The third-order valence-electron chi connectivity index (χ3n) is 3.84. The molecule has 0 aliphatic carbocycles. The van der Waals surface area contributed by atoms with E-state index in [1.807, 2.05) is 0 Å². The van der Waals surface area contributed by atoms with Crippen molar-refractivity contribution < 1.29 is 19.4 Å².